The summed E-state index contributed by atoms with van der Waals surface area (Å²) in [6, 6.07) is 10.0. The van der Waals surface area contributed by atoms with Crippen molar-refractivity contribution in [1.29, 1.82) is 0 Å². The summed E-state index contributed by atoms with van der Waals surface area (Å²) in [5, 5.41) is 2.93. The minimum absolute atomic E-state index is 0.135. The van der Waals surface area contributed by atoms with Gasteiger partial charge in [-0.2, -0.15) is 0 Å². The van der Waals surface area contributed by atoms with Crippen LogP contribution in [-0.2, 0) is 19.5 Å². The Morgan fingerprint density at radius 3 is 2.54 bits per heavy atom. The molecule has 3 rings (SSSR count). The van der Waals surface area contributed by atoms with Crippen LogP contribution in [0.25, 0.3) is 0 Å². The third-order valence-electron chi connectivity index (χ3n) is 4.75. The van der Waals surface area contributed by atoms with Crippen molar-refractivity contribution in [2.75, 3.05) is 0 Å². The standard InChI is InChI=1S/C21H23FN2O2/c1-4-19-14(2)20(21(25)23-12-18-6-5-11-26-18)24(15(19)3)13-16-7-9-17(22)10-8-16/h5-11H,4,12-13H2,1-3H3,(H,23,25). The number of rotatable bonds is 6. The SMILES string of the molecule is CCc1c(C)c(C(=O)NCc2ccco2)n(Cc2ccc(F)cc2)c1C. The minimum atomic E-state index is -0.264. The maximum atomic E-state index is 13.2. The first-order valence-corrected chi connectivity index (χ1v) is 8.74. The van der Waals surface area contributed by atoms with Gasteiger partial charge in [0.25, 0.3) is 5.91 Å². The number of carbonyl (C=O) groups is 1. The highest BCUT2D eigenvalue weighted by molar-refractivity contribution is 5.95. The Hall–Kier alpha value is -2.82. The largest absolute Gasteiger partial charge is 0.467 e. The molecule has 0 unspecified atom stereocenters. The first-order valence-electron chi connectivity index (χ1n) is 8.74. The zero-order valence-electron chi connectivity index (χ0n) is 15.3. The molecule has 5 heteroatoms. The number of amides is 1. The minimum Gasteiger partial charge on any atom is -0.467 e. The van der Waals surface area contributed by atoms with Gasteiger partial charge in [-0.15, -0.1) is 0 Å². The molecule has 0 aliphatic heterocycles. The summed E-state index contributed by atoms with van der Waals surface area (Å²) in [6.07, 6.45) is 2.44. The van der Waals surface area contributed by atoms with Gasteiger partial charge >= 0.3 is 0 Å². The molecule has 1 aromatic carbocycles. The lowest BCUT2D eigenvalue weighted by molar-refractivity contribution is 0.0938. The number of nitrogens with zero attached hydrogens (tertiary/aromatic N) is 1. The lowest BCUT2D eigenvalue weighted by atomic mass is 10.1. The topological polar surface area (TPSA) is 47.2 Å². The van der Waals surface area contributed by atoms with Crippen LogP contribution in [0.4, 0.5) is 4.39 Å². The Labute approximate surface area is 152 Å². The lowest BCUT2D eigenvalue weighted by Gasteiger charge is -2.13. The van der Waals surface area contributed by atoms with Crippen molar-refractivity contribution >= 4 is 5.91 Å². The number of hydrogen-bond donors (Lipinski definition) is 1. The third kappa shape index (κ3) is 3.57. The Morgan fingerprint density at radius 1 is 1.19 bits per heavy atom. The molecule has 0 spiro atoms. The second kappa shape index (κ2) is 7.60. The molecule has 1 N–H and O–H groups in total. The molecule has 0 saturated heterocycles. The summed E-state index contributed by atoms with van der Waals surface area (Å²) >= 11 is 0. The van der Waals surface area contributed by atoms with Gasteiger partial charge in [-0.3, -0.25) is 4.79 Å². The first-order chi connectivity index (χ1) is 12.5. The van der Waals surface area contributed by atoms with Gasteiger partial charge in [0, 0.05) is 12.2 Å². The summed E-state index contributed by atoms with van der Waals surface area (Å²) < 4.78 is 20.5. The van der Waals surface area contributed by atoms with Crippen LogP contribution in [0.2, 0.25) is 0 Å². The van der Waals surface area contributed by atoms with Crippen molar-refractivity contribution < 1.29 is 13.6 Å². The van der Waals surface area contributed by atoms with Crippen molar-refractivity contribution in [2.24, 2.45) is 0 Å². The van der Waals surface area contributed by atoms with Crippen LogP contribution in [-0.4, -0.2) is 10.5 Å². The summed E-state index contributed by atoms with van der Waals surface area (Å²) in [7, 11) is 0. The Morgan fingerprint density at radius 2 is 1.92 bits per heavy atom. The van der Waals surface area contributed by atoms with Gasteiger partial charge in [0.05, 0.1) is 12.8 Å². The van der Waals surface area contributed by atoms with Crippen molar-refractivity contribution in [1.82, 2.24) is 9.88 Å². The predicted molar refractivity (Wildman–Crippen MR) is 98.7 cm³/mol. The molecule has 1 amide bonds. The van der Waals surface area contributed by atoms with Crippen molar-refractivity contribution in [3.63, 3.8) is 0 Å². The molecule has 0 radical (unpaired) electrons. The van der Waals surface area contributed by atoms with Crippen LogP contribution in [0.1, 0.15) is 45.6 Å². The van der Waals surface area contributed by atoms with E-state index in [0.717, 1.165) is 23.2 Å². The average molecular weight is 354 g/mol. The number of carbonyl (C=O) groups excluding carboxylic acids is 1. The van der Waals surface area contributed by atoms with Crippen LogP contribution in [0.3, 0.4) is 0 Å². The van der Waals surface area contributed by atoms with Crippen molar-refractivity contribution in [3.05, 3.63) is 82.3 Å². The van der Waals surface area contributed by atoms with Crippen molar-refractivity contribution in [3.8, 4) is 0 Å². The van der Waals surface area contributed by atoms with E-state index in [-0.39, 0.29) is 11.7 Å². The molecular formula is C21H23FN2O2. The number of nitrogens with one attached hydrogen (secondary N) is 1. The second-order valence-corrected chi connectivity index (χ2v) is 6.37. The molecule has 0 aliphatic rings. The highest BCUT2D eigenvalue weighted by Crippen LogP contribution is 2.24. The molecule has 0 fully saturated rings. The van der Waals surface area contributed by atoms with Crippen LogP contribution in [0.5, 0.6) is 0 Å². The Kier molecular flexibility index (Phi) is 5.26. The van der Waals surface area contributed by atoms with E-state index in [1.807, 2.05) is 24.5 Å². The van der Waals surface area contributed by atoms with E-state index in [1.165, 1.54) is 17.7 Å². The highest BCUT2D eigenvalue weighted by atomic mass is 19.1. The average Bonchev–Trinajstić information content (AvgIpc) is 3.22. The van der Waals surface area contributed by atoms with E-state index < -0.39 is 0 Å². The van der Waals surface area contributed by atoms with Crippen LogP contribution in [0, 0.1) is 19.7 Å². The van der Waals surface area contributed by atoms with Gasteiger partial charge < -0.3 is 14.3 Å². The van der Waals surface area contributed by atoms with Crippen LogP contribution >= 0.6 is 0 Å². The molecule has 0 saturated carbocycles. The molecule has 136 valence electrons. The molecular weight excluding hydrogens is 331 g/mol. The smallest absolute Gasteiger partial charge is 0.268 e. The molecule has 3 aromatic rings. The second-order valence-electron chi connectivity index (χ2n) is 6.37. The predicted octanol–water partition coefficient (Wildman–Crippen LogP) is 4.38. The van der Waals surface area contributed by atoms with Gasteiger partial charge in [-0.25, -0.2) is 4.39 Å². The first kappa shape index (κ1) is 18.0. The zero-order chi connectivity index (χ0) is 18.7. The normalized spacial score (nSPS) is 10.9. The maximum Gasteiger partial charge on any atom is 0.268 e. The fourth-order valence-electron chi connectivity index (χ4n) is 3.40. The maximum absolute atomic E-state index is 13.2. The number of aromatic nitrogens is 1. The zero-order valence-corrected chi connectivity index (χ0v) is 15.3. The molecule has 2 heterocycles. The summed E-state index contributed by atoms with van der Waals surface area (Å²) in [5.74, 6) is 0.309. The quantitative estimate of drug-likeness (QED) is 0.714. The van der Waals surface area contributed by atoms with Gasteiger partial charge in [-0.1, -0.05) is 19.1 Å². The monoisotopic (exact) mass is 354 g/mol. The molecule has 2 aromatic heterocycles. The van der Waals surface area contributed by atoms with Gasteiger partial charge in [0.15, 0.2) is 0 Å². The Balaban J connectivity index is 1.91. The van der Waals surface area contributed by atoms with E-state index in [0.29, 0.717) is 24.5 Å². The van der Waals surface area contributed by atoms with E-state index in [2.05, 4.69) is 12.2 Å². The van der Waals surface area contributed by atoms with E-state index >= 15 is 0 Å². The van der Waals surface area contributed by atoms with Gasteiger partial charge in [0.1, 0.15) is 17.3 Å². The highest BCUT2D eigenvalue weighted by Gasteiger charge is 2.22. The van der Waals surface area contributed by atoms with Crippen LogP contribution in [0.15, 0.2) is 47.1 Å². The third-order valence-corrected chi connectivity index (χ3v) is 4.75. The number of hydrogen-bond acceptors (Lipinski definition) is 2. The fourth-order valence-corrected chi connectivity index (χ4v) is 3.40. The summed E-state index contributed by atoms with van der Waals surface area (Å²) in [5.41, 5.74) is 4.83. The fraction of sp³-hybridized carbons (Fsp3) is 0.286. The van der Waals surface area contributed by atoms with E-state index in [9.17, 15) is 9.18 Å². The molecule has 0 bridgehead atoms. The molecule has 26 heavy (non-hydrogen) atoms. The lowest BCUT2D eigenvalue weighted by Crippen LogP contribution is -2.26. The van der Waals surface area contributed by atoms with Crippen molar-refractivity contribution in [2.45, 2.75) is 40.3 Å². The van der Waals surface area contributed by atoms with E-state index in [1.54, 1.807) is 24.5 Å². The van der Waals surface area contributed by atoms with Crippen LogP contribution < -0.4 is 5.32 Å². The number of benzene rings is 1. The molecule has 4 nitrogen and oxygen atoms in total. The van der Waals surface area contributed by atoms with Gasteiger partial charge in [0.2, 0.25) is 0 Å². The number of halogens is 1. The molecule has 0 aliphatic carbocycles. The number of furan rings is 1. The molecule has 0 atom stereocenters. The summed E-state index contributed by atoms with van der Waals surface area (Å²) in [6.45, 7) is 6.96. The van der Waals surface area contributed by atoms with E-state index in [4.69, 9.17) is 4.42 Å². The Bertz CT molecular complexity index is 893. The van der Waals surface area contributed by atoms with Gasteiger partial charge in [-0.05, 0) is 61.2 Å². The summed E-state index contributed by atoms with van der Waals surface area (Å²) in [4.78, 5) is 12.9.